The van der Waals surface area contributed by atoms with Crippen molar-refractivity contribution >= 4 is 22.6 Å². The van der Waals surface area contributed by atoms with Gasteiger partial charge in [-0.15, -0.1) is 11.6 Å². The first-order valence-corrected chi connectivity index (χ1v) is 6.80. The van der Waals surface area contributed by atoms with Crippen molar-refractivity contribution in [3.05, 3.63) is 29.6 Å². The smallest absolute Gasteiger partial charge is 0.125 e. The number of nitrogens with zero attached hydrogens (tertiary/aromatic N) is 2. The number of fused-ring (bicyclic) bond motifs is 1. The Morgan fingerprint density at radius 1 is 1.50 bits per heavy atom. The number of aryl methyl sites for hydroxylation is 1. The topological polar surface area (TPSA) is 27.1 Å². The molecule has 3 rings (SSSR count). The molecule has 4 heteroatoms. The summed E-state index contributed by atoms with van der Waals surface area (Å²) < 4.78 is 7.84. The van der Waals surface area contributed by atoms with Crippen molar-refractivity contribution in [2.75, 3.05) is 13.2 Å². The standard InChI is InChI=1S/C14H17ClN2O/c1-10-3-4-11-12(7-10)17(13(8-15)16-11)14(2)5-6-18-9-14/h3-4,7H,5-6,8-9H2,1-2H3. The summed E-state index contributed by atoms with van der Waals surface area (Å²) in [5.74, 6) is 1.37. The molecule has 0 radical (unpaired) electrons. The predicted molar refractivity (Wildman–Crippen MR) is 73.1 cm³/mol. The van der Waals surface area contributed by atoms with Crippen LogP contribution in [0.2, 0.25) is 0 Å². The van der Waals surface area contributed by atoms with Gasteiger partial charge < -0.3 is 9.30 Å². The Kier molecular flexibility index (Phi) is 2.83. The molecule has 0 amide bonds. The molecular weight excluding hydrogens is 248 g/mol. The SMILES string of the molecule is Cc1ccc2nc(CCl)n(C3(C)CCOC3)c2c1. The first kappa shape index (κ1) is 12.0. The molecule has 0 bridgehead atoms. The quantitative estimate of drug-likeness (QED) is 0.779. The Balaban J connectivity index is 2.27. The van der Waals surface area contributed by atoms with Crippen LogP contribution in [-0.4, -0.2) is 22.8 Å². The van der Waals surface area contributed by atoms with Crippen LogP contribution in [0.1, 0.15) is 24.7 Å². The molecule has 1 aromatic carbocycles. The van der Waals surface area contributed by atoms with Crippen LogP contribution in [0, 0.1) is 6.92 Å². The minimum atomic E-state index is -0.0211. The number of ether oxygens (including phenoxy) is 1. The number of imidazole rings is 1. The van der Waals surface area contributed by atoms with Crippen molar-refractivity contribution in [1.82, 2.24) is 9.55 Å². The third kappa shape index (κ3) is 1.73. The lowest BCUT2D eigenvalue weighted by molar-refractivity contribution is 0.162. The number of hydrogen-bond acceptors (Lipinski definition) is 2. The zero-order valence-electron chi connectivity index (χ0n) is 10.7. The maximum absolute atomic E-state index is 6.06. The van der Waals surface area contributed by atoms with Crippen molar-refractivity contribution in [1.29, 1.82) is 0 Å². The lowest BCUT2D eigenvalue weighted by Gasteiger charge is -2.27. The van der Waals surface area contributed by atoms with Gasteiger partial charge in [-0.2, -0.15) is 0 Å². The monoisotopic (exact) mass is 264 g/mol. The average Bonchev–Trinajstić information content (AvgIpc) is 2.92. The highest BCUT2D eigenvalue weighted by molar-refractivity contribution is 6.16. The highest BCUT2D eigenvalue weighted by Crippen LogP contribution is 2.33. The molecule has 2 heterocycles. The molecule has 1 atom stereocenters. The second-order valence-corrected chi connectivity index (χ2v) is 5.56. The molecule has 1 aromatic heterocycles. The summed E-state index contributed by atoms with van der Waals surface area (Å²) in [6.45, 7) is 5.87. The normalized spacial score (nSPS) is 23.9. The molecular formula is C14H17ClN2O. The van der Waals surface area contributed by atoms with Crippen LogP contribution in [0.15, 0.2) is 18.2 Å². The van der Waals surface area contributed by atoms with E-state index in [1.54, 1.807) is 0 Å². The van der Waals surface area contributed by atoms with Crippen LogP contribution in [0.3, 0.4) is 0 Å². The van der Waals surface area contributed by atoms with E-state index in [9.17, 15) is 0 Å². The number of alkyl halides is 1. The maximum atomic E-state index is 6.06. The largest absolute Gasteiger partial charge is 0.379 e. The highest BCUT2D eigenvalue weighted by atomic mass is 35.5. The van der Waals surface area contributed by atoms with Crippen LogP contribution >= 0.6 is 11.6 Å². The molecule has 18 heavy (non-hydrogen) atoms. The average molecular weight is 265 g/mol. The second-order valence-electron chi connectivity index (χ2n) is 5.29. The molecule has 3 nitrogen and oxygen atoms in total. The maximum Gasteiger partial charge on any atom is 0.125 e. The molecule has 1 fully saturated rings. The Bertz CT molecular complexity index is 585. The zero-order valence-corrected chi connectivity index (χ0v) is 11.5. The van der Waals surface area contributed by atoms with Crippen molar-refractivity contribution in [2.24, 2.45) is 0 Å². The Labute approximate surface area is 112 Å². The minimum absolute atomic E-state index is 0.0211. The van der Waals surface area contributed by atoms with E-state index < -0.39 is 0 Å². The summed E-state index contributed by atoms with van der Waals surface area (Å²) in [5, 5.41) is 0. The highest BCUT2D eigenvalue weighted by Gasteiger charge is 2.34. The second kappa shape index (κ2) is 4.25. The van der Waals surface area contributed by atoms with Crippen molar-refractivity contribution in [3.8, 4) is 0 Å². The van der Waals surface area contributed by atoms with Gasteiger partial charge in [-0.25, -0.2) is 4.98 Å². The molecule has 1 aliphatic rings. The van der Waals surface area contributed by atoms with E-state index in [1.165, 1.54) is 11.1 Å². The van der Waals surface area contributed by atoms with E-state index in [4.69, 9.17) is 16.3 Å². The molecule has 1 unspecified atom stereocenters. The summed E-state index contributed by atoms with van der Waals surface area (Å²) in [4.78, 5) is 4.64. The minimum Gasteiger partial charge on any atom is -0.379 e. The third-order valence-electron chi connectivity index (χ3n) is 3.74. The fourth-order valence-corrected chi connectivity index (χ4v) is 2.94. The number of rotatable bonds is 2. The third-order valence-corrected chi connectivity index (χ3v) is 3.98. The summed E-state index contributed by atoms with van der Waals surface area (Å²) >= 11 is 6.06. The molecule has 1 saturated heterocycles. The van der Waals surface area contributed by atoms with Gasteiger partial charge in [0, 0.05) is 6.61 Å². The van der Waals surface area contributed by atoms with Gasteiger partial charge >= 0.3 is 0 Å². The predicted octanol–water partition coefficient (Wildman–Crippen LogP) is 3.22. The molecule has 0 spiro atoms. The number of aromatic nitrogens is 2. The van der Waals surface area contributed by atoms with Gasteiger partial charge in [0.15, 0.2) is 0 Å². The van der Waals surface area contributed by atoms with Crippen LogP contribution in [0.4, 0.5) is 0 Å². The van der Waals surface area contributed by atoms with Gasteiger partial charge in [0.1, 0.15) is 5.82 Å². The van der Waals surface area contributed by atoms with Crippen LogP contribution < -0.4 is 0 Å². The molecule has 2 aromatic rings. The van der Waals surface area contributed by atoms with Gasteiger partial charge in [-0.05, 0) is 38.0 Å². The summed E-state index contributed by atoms with van der Waals surface area (Å²) in [6, 6.07) is 6.34. The van der Waals surface area contributed by atoms with Crippen LogP contribution in [0.25, 0.3) is 11.0 Å². The Morgan fingerprint density at radius 3 is 3.00 bits per heavy atom. The lowest BCUT2D eigenvalue weighted by atomic mass is 10.0. The van der Waals surface area contributed by atoms with Gasteiger partial charge in [-0.1, -0.05) is 6.07 Å². The molecule has 0 saturated carbocycles. The molecule has 0 N–H and O–H groups in total. The van der Waals surface area contributed by atoms with Crippen molar-refractivity contribution in [3.63, 3.8) is 0 Å². The molecule has 96 valence electrons. The Hall–Kier alpha value is -1.06. The van der Waals surface area contributed by atoms with Gasteiger partial charge in [0.2, 0.25) is 0 Å². The zero-order chi connectivity index (χ0) is 12.8. The van der Waals surface area contributed by atoms with Gasteiger partial charge in [0.25, 0.3) is 0 Å². The van der Waals surface area contributed by atoms with Crippen molar-refractivity contribution < 1.29 is 4.74 Å². The number of benzene rings is 1. The van der Waals surface area contributed by atoms with Gasteiger partial charge in [0.05, 0.1) is 29.1 Å². The lowest BCUT2D eigenvalue weighted by Crippen LogP contribution is -2.31. The summed E-state index contributed by atoms with van der Waals surface area (Å²) in [6.07, 6.45) is 1.01. The van der Waals surface area contributed by atoms with Crippen LogP contribution in [0.5, 0.6) is 0 Å². The van der Waals surface area contributed by atoms with E-state index >= 15 is 0 Å². The summed E-state index contributed by atoms with van der Waals surface area (Å²) in [7, 11) is 0. The van der Waals surface area contributed by atoms with E-state index in [0.717, 1.165) is 31.0 Å². The van der Waals surface area contributed by atoms with Gasteiger partial charge in [-0.3, -0.25) is 0 Å². The van der Waals surface area contributed by atoms with E-state index in [0.29, 0.717) is 5.88 Å². The number of halogens is 1. The first-order valence-electron chi connectivity index (χ1n) is 6.26. The van der Waals surface area contributed by atoms with E-state index in [-0.39, 0.29) is 5.54 Å². The van der Waals surface area contributed by atoms with E-state index in [2.05, 4.69) is 41.6 Å². The fraction of sp³-hybridized carbons (Fsp3) is 0.500. The fourth-order valence-electron chi connectivity index (χ4n) is 2.76. The first-order chi connectivity index (χ1) is 8.64. The summed E-state index contributed by atoms with van der Waals surface area (Å²) in [5.41, 5.74) is 3.41. The molecule has 0 aliphatic carbocycles. The molecule has 1 aliphatic heterocycles. The Morgan fingerprint density at radius 2 is 2.33 bits per heavy atom. The van der Waals surface area contributed by atoms with Crippen molar-refractivity contribution in [2.45, 2.75) is 31.7 Å². The van der Waals surface area contributed by atoms with E-state index in [1.807, 2.05) is 0 Å². The number of hydrogen-bond donors (Lipinski definition) is 0. The van der Waals surface area contributed by atoms with Crippen LogP contribution in [-0.2, 0) is 16.2 Å².